The van der Waals surface area contributed by atoms with Crippen molar-refractivity contribution in [3.8, 4) is 28.6 Å². The molecule has 9 nitrogen and oxygen atoms in total. The molecular formula is C28H27N5O4. The van der Waals surface area contributed by atoms with Crippen molar-refractivity contribution in [2.45, 2.75) is 13.0 Å². The number of amides is 1. The molecule has 1 aliphatic rings. The Hall–Kier alpha value is -4.79. The maximum absolute atomic E-state index is 13.7. The Bertz CT molecular complexity index is 1480. The van der Waals surface area contributed by atoms with Crippen molar-refractivity contribution in [1.29, 1.82) is 0 Å². The maximum Gasteiger partial charge on any atom is 0.255 e. The molecule has 1 aromatic heterocycles. The van der Waals surface area contributed by atoms with E-state index in [4.69, 9.17) is 24.3 Å². The number of fused-ring (bicyclic) bond motifs is 1. The van der Waals surface area contributed by atoms with Crippen LogP contribution < -0.4 is 24.8 Å². The molecule has 0 saturated carbocycles. The average molecular weight is 498 g/mol. The second kappa shape index (κ2) is 10.1. The molecule has 0 spiro atoms. The molecule has 0 bridgehead atoms. The van der Waals surface area contributed by atoms with E-state index in [2.05, 4.69) is 10.6 Å². The van der Waals surface area contributed by atoms with Crippen molar-refractivity contribution in [2.24, 2.45) is 0 Å². The Balaban J connectivity index is 1.67. The summed E-state index contributed by atoms with van der Waals surface area (Å²) in [7, 11) is 4.79. The molecule has 0 radical (unpaired) electrons. The van der Waals surface area contributed by atoms with Gasteiger partial charge >= 0.3 is 0 Å². The third-order valence-corrected chi connectivity index (χ3v) is 6.21. The van der Waals surface area contributed by atoms with Gasteiger partial charge in [-0.1, -0.05) is 30.3 Å². The van der Waals surface area contributed by atoms with E-state index in [0.717, 1.165) is 11.1 Å². The minimum absolute atomic E-state index is 0.265. The van der Waals surface area contributed by atoms with Crippen LogP contribution in [-0.2, 0) is 4.79 Å². The van der Waals surface area contributed by atoms with Crippen LogP contribution in [0.15, 0.2) is 84.1 Å². The molecule has 37 heavy (non-hydrogen) atoms. The summed E-state index contributed by atoms with van der Waals surface area (Å²) in [5.41, 5.74) is 3.30. The molecule has 5 rings (SSSR count). The lowest BCUT2D eigenvalue weighted by molar-refractivity contribution is -0.113. The largest absolute Gasteiger partial charge is 0.497 e. The molecule has 2 N–H and O–H groups in total. The highest BCUT2D eigenvalue weighted by atomic mass is 16.5. The minimum atomic E-state index is -0.628. The lowest BCUT2D eigenvalue weighted by Crippen LogP contribution is -2.31. The van der Waals surface area contributed by atoms with Gasteiger partial charge in [-0.25, -0.2) is 4.68 Å². The predicted octanol–water partition coefficient (Wildman–Crippen LogP) is 4.90. The number of hydrogen-bond acceptors (Lipinski definition) is 7. The molecular weight excluding hydrogens is 470 g/mol. The number of aromatic nitrogens is 3. The number of ether oxygens (including phenoxy) is 3. The summed E-state index contributed by atoms with van der Waals surface area (Å²) in [6.45, 7) is 1.85. The number of carbonyl (C=O) groups excluding carboxylic acids is 1. The number of para-hydroxylation sites is 2. The van der Waals surface area contributed by atoms with Gasteiger partial charge in [0.2, 0.25) is 5.95 Å². The van der Waals surface area contributed by atoms with Gasteiger partial charge in [-0.2, -0.15) is 4.98 Å². The average Bonchev–Trinajstić information content (AvgIpc) is 3.35. The van der Waals surface area contributed by atoms with Crippen LogP contribution in [0.3, 0.4) is 0 Å². The molecule has 1 amide bonds. The van der Waals surface area contributed by atoms with Crippen molar-refractivity contribution in [3.05, 3.63) is 89.6 Å². The van der Waals surface area contributed by atoms with Crippen molar-refractivity contribution in [2.75, 3.05) is 32.0 Å². The van der Waals surface area contributed by atoms with E-state index in [9.17, 15) is 4.79 Å². The van der Waals surface area contributed by atoms with E-state index in [0.29, 0.717) is 46.0 Å². The normalized spacial score (nSPS) is 14.4. The first-order valence-electron chi connectivity index (χ1n) is 11.7. The highest BCUT2D eigenvalue weighted by molar-refractivity contribution is 6.06. The number of methoxy groups -OCH3 is 3. The Kier molecular flexibility index (Phi) is 6.51. The first-order valence-corrected chi connectivity index (χ1v) is 11.7. The zero-order chi connectivity index (χ0) is 25.9. The van der Waals surface area contributed by atoms with Crippen LogP contribution >= 0.6 is 0 Å². The SMILES string of the molecule is COc1ccc(C2C(C(=O)Nc3ccccc3)=C(C)Nc3nc(-c4ccccc4OC)nn32)c(OC)c1. The zero-order valence-electron chi connectivity index (χ0n) is 21.0. The topological polar surface area (TPSA) is 99.5 Å². The standard InChI is InChI=1S/C28H27N5O4/c1-17-24(27(34)30-18-10-6-5-7-11-18)25(20-15-14-19(35-2)16-23(20)37-4)33-28(29-17)31-26(32-33)21-12-8-9-13-22(21)36-3/h5-16,25H,1-4H3,(H,30,34)(H,29,31,32). The molecule has 188 valence electrons. The highest BCUT2D eigenvalue weighted by Gasteiger charge is 2.36. The van der Waals surface area contributed by atoms with Crippen LogP contribution in [0.4, 0.5) is 11.6 Å². The van der Waals surface area contributed by atoms with Crippen LogP contribution in [0.5, 0.6) is 17.2 Å². The van der Waals surface area contributed by atoms with Crippen molar-refractivity contribution in [3.63, 3.8) is 0 Å². The van der Waals surface area contributed by atoms with Crippen molar-refractivity contribution < 1.29 is 19.0 Å². The highest BCUT2D eigenvalue weighted by Crippen LogP contribution is 2.42. The molecule has 0 aliphatic carbocycles. The molecule has 4 aromatic rings. The summed E-state index contributed by atoms with van der Waals surface area (Å²) in [5.74, 6) is 2.55. The van der Waals surface area contributed by atoms with E-state index < -0.39 is 6.04 Å². The molecule has 0 fully saturated rings. The van der Waals surface area contributed by atoms with Crippen molar-refractivity contribution >= 4 is 17.5 Å². The van der Waals surface area contributed by atoms with Crippen molar-refractivity contribution in [1.82, 2.24) is 14.8 Å². The summed E-state index contributed by atoms with van der Waals surface area (Å²) >= 11 is 0. The van der Waals surface area contributed by atoms with Gasteiger partial charge < -0.3 is 24.8 Å². The molecule has 1 aliphatic heterocycles. The number of anilines is 2. The van der Waals surface area contributed by atoms with E-state index in [1.165, 1.54) is 0 Å². The first-order chi connectivity index (χ1) is 18.0. The fraction of sp³-hybridized carbons (Fsp3) is 0.179. The molecule has 2 heterocycles. The second-order valence-electron chi connectivity index (χ2n) is 8.40. The predicted molar refractivity (Wildman–Crippen MR) is 141 cm³/mol. The first kappa shape index (κ1) is 23.9. The quantitative estimate of drug-likeness (QED) is 0.375. The molecule has 0 saturated heterocycles. The van der Waals surface area contributed by atoms with Gasteiger partial charge in [0.25, 0.3) is 5.91 Å². The minimum Gasteiger partial charge on any atom is -0.497 e. The van der Waals surface area contributed by atoms with E-state index in [1.54, 1.807) is 32.1 Å². The fourth-order valence-corrected chi connectivity index (χ4v) is 4.44. The van der Waals surface area contributed by atoms with Gasteiger partial charge in [0.15, 0.2) is 5.82 Å². The third kappa shape index (κ3) is 4.47. The van der Waals surface area contributed by atoms with Gasteiger partial charge in [-0.15, -0.1) is 5.10 Å². The van der Waals surface area contributed by atoms with Gasteiger partial charge in [0.05, 0.1) is 32.5 Å². The number of benzene rings is 3. The van der Waals surface area contributed by atoms with Gasteiger partial charge in [-0.05, 0) is 43.3 Å². The number of rotatable bonds is 7. The van der Waals surface area contributed by atoms with E-state index >= 15 is 0 Å². The van der Waals surface area contributed by atoms with Crippen LogP contribution in [0.25, 0.3) is 11.4 Å². The summed E-state index contributed by atoms with van der Waals surface area (Å²) in [4.78, 5) is 18.5. The number of carbonyl (C=O) groups is 1. The molecule has 9 heteroatoms. The molecule has 3 aromatic carbocycles. The monoisotopic (exact) mass is 497 g/mol. The number of nitrogens with one attached hydrogen (secondary N) is 2. The van der Waals surface area contributed by atoms with Gasteiger partial charge in [0.1, 0.15) is 23.3 Å². The third-order valence-electron chi connectivity index (χ3n) is 6.21. The van der Waals surface area contributed by atoms with E-state index in [-0.39, 0.29) is 5.91 Å². The van der Waals surface area contributed by atoms with Crippen LogP contribution in [0.2, 0.25) is 0 Å². The second-order valence-corrected chi connectivity index (χ2v) is 8.40. The lowest BCUT2D eigenvalue weighted by Gasteiger charge is -2.29. The lowest BCUT2D eigenvalue weighted by atomic mass is 9.94. The van der Waals surface area contributed by atoms with Crippen LogP contribution in [0, 0.1) is 0 Å². The fourth-order valence-electron chi connectivity index (χ4n) is 4.44. The Labute approximate surface area is 214 Å². The molecule has 1 unspecified atom stereocenters. The summed E-state index contributed by atoms with van der Waals surface area (Å²) in [6.07, 6.45) is 0. The maximum atomic E-state index is 13.7. The smallest absolute Gasteiger partial charge is 0.255 e. The number of allylic oxidation sites excluding steroid dienone is 1. The van der Waals surface area contributed by atoms with E-state index in [1.807, 2.05) is 73.7 Å². The summed E-state index contributed by atoms with van der Waals surface area (Å²) < 4.78 is 18.4. The molecule has 1 atom stereocenters. The Morgan fingerprint density at radius 2 is 1.65 bits per heavy atom. The number of hydrogen-bond donors (Lipinski definition) is 2. The van der Waals surface area contributed by atoms with Crippen LogP contribution in [-0.4, -0.2) is 42.0 Å². The Morgan fingerprint density at radius 1 is 0.919 bits per heavy atom. The van der Waals surface area contributed by atoms with Gasteiger partial charge in [0, 0.05) is 23.0 Å². The van der Waals surface area contributed by atoms with Gasteiger partial charge in [-0.3, -0.25) is 4.79 Å². The Morgan fingerprint density at radius 3 is 2.38 bits per heavy atom. The zero-order valence-corrected chi connectivity index (χ0v) is 21.0. The van der Waals surface area contributed by atoms with Crippen LogP contribution in [0.1, 0.15) is 18.5 Å². The summed E-state index contributed by atoms with van der Waals surface area (Å²) in [6, 6.07) is 21.7. The number of nitrogens with zero attached hydrogens (tertiary/aromatic N) is 3. The summed E-state index contributed by atoms with van der Waals surface area (Å²) in [5, 5.41) is 11.1.